The lowest BCUT2D eigenvalue weighted by Gasteiger charge is -2.36. The van der Waals surface area contributed by atoms with E-state index in [1.165, 1.54) is 6.33 Å². The van der Waals surface area contributed by atoms with Crippen molar-refractivity contribution in [3.05, 3.63) is 47.9 Å². The molecule has 22 heavy (non-hydrogen) atoms. The molecule has 106 valence electrons. The SMILES string of the molecule is C1=NCN=CC12Oc1ncncc1C21C=Nc2ccccc21. The van der Waals surface area contributed by atoms with Gasteiger partial charge in [0, 0.05) is 12.4 Å². The zero-order valence-corrected chi connectivity index (χ0v) is 11.5. The quantitative estimate of drug-likeness (QED) is 0.741. The van der Waals surface area contributed by atoms with Crippen molar-refractivity contribution in [3.8, 4) is 5.88 Å². The van der Waals surface area contributed by atoms with Crippen LogP contribution in [0.15, 0.2) is 51.8 Å². The summed E-state index contributed by atoms with van der Waals surface area (Å²) in [4.78, 5) is 21.7. The molecule has 0 fully saturated rings. The Labute approximate surface area is 126 Å². The van der Waals surface area contributed by atoms with Gasteiger partial charge in [0.2, 0.25) is 5.88 Å². The number of aliphatic imine (C=N–C) groups is 3. The van der Waals surface area contributed by atoms with Gasteiger partial charge in [-0.3, -0.25) is 15.0 Å². The van der Waals surface area contributed by atoms with Crippen LogP contribution >= 0.6 is 0 Å². The molecule has 2 aromatic rings. The third-order valence-electron chi connectivity index (χ3n) is 4.44. The molecule has 0 amide bonds. The van der Waals surface area contributed by atoms with Gasteiger partial charge in [-0.05, 0) is 11.6 Å². The summed E-state index contributed by atoms with van der Waals surface area (Å²) in [7, 11) is 0. The molecule has 1 aromatic carbocycles. The van der Waals surface area contributed by atoms with Crippen molar-refractivity contribution in [2.45, 2.75) is 11.0 Å². The molecule has 4 heterocycles. The molecule has 1 aromatic heterocycles. The molecule has 0 aliphatic carbocycles. The van der Waals surface area contributed by atoms with Gasteiger partial charge in [-0.2, -0.15) is 0 Å². The molecule has 2 spiro atoms. The minimum atomic E-state index is -0.834. The van der Waals surface area contributed by atoms with Crippen molar-refractivity contribution in [1.82, 2.24) is 9.97 Å². The highest BCUT2D eigenvalue weighted by molar-refractivity contribution is 6.09. The van der Waals surface area contributed by atoms with Crippen LogP contribution in [0.3, 0.4) is 0 Å². The summed E-state index contributed by atoms with van der Waals surface area (Å²) in [5.41, 5.74) is 1.43. The first kappa shape index (κ1) is 11.7. The van der Waals surface area contributed by atoms with Crippen molar-refractivity contribution >= 4 is 24.3 Å². The van der Waals surface area contributed by atoms with Crippen LogP contribution in [0, 0.1) is 0 Å². The molecule has 0 saturated carbocycles. The second kappa shape index (κ2) is 3.85. The fourth-order valence-corrected chi connectivity index (χ4v) is 3.49. The maximum atomic E-state index is 6.19. The van der Waals surface area contributed by atoms with E-state index in [1.807, 2.05) is 36.8 Å². The molecule has 5 rings (SSSR count). The number of benzene rings is 1. The first-order chi connectivity index (χ1) is 10.9. The smallest absolute Gasteiger partial charge is 0.222 e. The Balaban J connectivity index is 1.89. The van der Waals surface area contributed by atoms with E-state index in [-0.39, 0.29) is 0 Å². The number of para-hydroxylation sites is 1. The molecule has 6 heteroatoms. The summed E-state index contributed by atoms with van der Waals surface area (Å²) in [5.74, 6) is 0.554. The topological polar surface area (TPSA) is 72.1 Å². The average molecular weight is 289 g/mol. The Morgan fingerprint density at radius 1 is 1.00 bits per heavy atom. The lowest BCUT2D eigenvalue weighted by Crippen LogP contribution is -2.56. The molecule has 0 N–H and O–H groups in total. The first-order valence-corrected chi connectivity index (χ1v) is 7.02. The fraction of sp³-hybridized carbons (Fsp3) is 0.188. The van der Waals surface area contributed by atoms with E-state index < -0.39 is 11.0 Å². The monoisotopic (exact) mass is 289 g/mol. The van der Waals surface area contributed by atoms with Crippen molar-refractivity contribution < 1.29 is 4.74 Å². The third kappa shape index (κ3) is 1.19. The minimum Gasteiger partial charge on any atom is -0.457 e. The second-order valence-electron chi connectivity index (χ2n) is 5.48. The van der Waals surface area contributed by atoms with Crippen molar-refractivity contribution in [2.75, 3.05) is 6.67 Å². The number of hydrogen-bond donors (Lipinski definition) is 0. The summed E-state index contributed by atoms with van der Waals surface area (Å²) >= 11 is 0. The van der Waals surface area contributed by atoms with Gasteiger partial charge in [-0.15, -0.1) is 0 Å². The van der Waals surface area contributed by atoms with E-state index in [1.54, 1.807) is 6.20 Å². The number of aromatic nitrogens is 2. The lowest BCUT2D eigenvalue weighted by atomic mass is 9.67. The molecular weight excluding hydrogens is 278 g/mol. The van der Waals surface area contributed by atoms with Gasteiger partial charge in [0.1, 0.15) is 18.4 Å². The van der Waals surface area contributed by atoms with Gasteiger partial charge >= 0.3 is 0 Å². The minimum absolute atomic E-state index is 0.419. The number of hydrogen-bond acceptors (Lipinski definition) is 6. The number of nitrogens with zero attached hydrogens (tertiary/aromatic N) is 5. The Kier molecular flexibility index (Phi) is 2.05. The molecular formula is C16H11N5O. The molecule has 6 nitrogen and oxygen atoms in total. The van der Waals surface area contributed by atoms with Crippen LogP contribution in [-0.2, 0) is 5.41 Å². The van der Waals surface area contributed by atoms with Crippen LogP contribution in [-0.4, -0.2) is 40.9 Å². The zero-order chi connectivity index (χ0) is 14.6. The molecule has 1 unspecified atom stereocenters. The van der Waals surface area contributed by atoms with Crippen LogP contribution in [0.2, 0.25) is 0 Å². The Bertz CT molecular complexity index is 860. The Morgan fingerprint density at radius 2 is 1.86 bits per heavy atom. The van der Waals surface area contributed by atoms with Crippen LogP contribution < -0.4 is 4.74 Å². The van der Waals surface area contributed by atoms with Gasteiger partial charge in [0.25, 0.3) is 0 Å². The van der Waals surface area contributed by atoms with Gasteiger partial charge in [-0.1, -0.05) is 18.2 Å². The second-order valence-corrected chi connectivity index (χ2v) is 5.48. The van der Waals surface area contributed by atoms with E-state index in [0.717, 1.165) is 16.8 Å². The Hall–Kier alpha value is -2.89. The average Bonchev–Trinajstić information content (AvgIpc) is 3.08. The summed E-state index contributed by atoms with van der Waals surface area (Å²) in [5, 5.41) is 0. The number of rotatable bonds is 0. The maximum absolute atomic E-state index is 6.19. The summed E-state index contributed by atoms with van der Waals surface area (Å²) in [6, 6.07) is 8.03. The number of fused-ring (bicyclic) bond motifs is 5. The predicted octanol–water partition coefficient (Wildman–Crippen LogP) is 1.72. The van der Waals surface area contributed by atoms with Gasteiger partial charge in [0.15, 0.2) is 5.60 Å². The van der Waals surface area contributed by atoms with Gasteiger partial charge < -0.3 is 4.74 Å². The van der Waals surface area contributed by atoms with E-state index in [9.17, 15) is 0 Å². The largest absolute Gasteiger partial charge is 0.457 e. The standard InChI is InChI=1S/C16H11N5O/c1-2-4-13-11(3-1)16(8-20-13)12-5-17-10-21-14(12)22-15(16)6-18-9-19-7-15/h1-8,10H,9H2. The highest BCUT2D eigenvalue weighted by Gasteiger charge is 2.63. The molecule has 3 aliphatic rings. The molecule has 0 bridgehead atoms. The van der Waals surface area contributed by atoms with Gasteiger partial charge in [-0.25, -0.2) is 9.97 Å². The summed E-state index contributed by atoms with van der Waals surface area (Å²) in [6.45, 7) is 0.419. The summed E-state index contributed by atoms with van der Waals surface area (Å²) in [6.07, 6.45) is 8.82. The maximum Gasteiger partial charge on any atom is 0.222 e. The summed E-state index contributed by atoms with van der Waals surface area (Å²) < 4.78 is 6.19. The lowest BCUT2D eigenvalue weighted by molar-refractivity contribution is 0.212. The normalized spacial score (nSPS) is 25.5. The fourth-order valence-electron chi connectivity index (χ4n) is 3.49. The van der Waals surface area contributed by atoms with E-state index in [0.29, 0.717) is 12.5 Å². The van der Waals surface area contributed by atoms with Crippen LogP contribution in [0.4, 0.5) is 5.69 Å². The van der Waals surface area contributed by atoms with Crippen LogP contribution in [0.1, 0.15) is 11.1 Å². The predicted molar refractivity (Wildman–Crippen MR) is 82.6 cm³/mol. The highest BCUT2D eigenvalue weighted by Crippen LogP contribution is 2.54. The van der Waals surface area contributed by atoms with Crippen molar-refractivity contribution in [2.24, 2.45) is 15.0 Å². The van der Waals surface area contributed by atoms with Gasteiger partial charge in [0.05, 0.1) is 23.7 Å². The third-order valence-corrected chi connectivity index (χ3v) is 4.44. The Morgan fingerprint density at radius 3 is 2.77 bits per heavy atom. The molecule has 0 radical (unpaired) electrons. The molecule has 1 atom stereocenters. The van der Waals surface area contributed by atoms with Crippen LogP contribution in [0.25, 0.3) is 0 Å². The first-order valence-electron chi connectivity index (χ1n) is 7.02. The van der Waals surface area contributed by atoms with Crippen LogP contribution in [0.5, 0.6) is 5.88 Å². The van der Waals surface area contributed by atoms with E-state index >= 15 is 0 Å². The van der Waals surface area contributed by atoms with E-state index in [2.05, 4.69) is 31.0 Å². The molecule has 0 saturated heterocycles. The number of ether oxygens (including phenoxy) is 1. The molecule has 3 aliphatic heterocycles. The highest BCUT2D eigenvalue weighted by atomic mass is 16.5. The van der Waals surface area contributed by atoms with E-state index in [4.69, 9.17) is 4.74 Å². The zero-order valence-electron chi connectivity index (χ0n) is 11.5. The van der Waals surface area contributed by atoms with Crippen molar-refractivity contribution in [1.29, 1.82) is 0 Å². The van der Waals surface area contributed by atoms with Crippen molar-refractivity contribution in [3.63, 3.8) is 0 Å².